The minimum Gasteiger partial charge on any atom is -0.493 e. The maximum Gasteiger partial charge on any atom is 0.303 e. The van der Waals surface area contributed by atoms with E-state index in [0.29, 0.717) is 17.1 Å². The number of esters is 4. The molecule has 182 valence electrons. The zero-order valence-electron chi connectivity index (χ0n) is 19.3. The fraction of sp³-hybridized carbons (Fsp3) is 0.545. The monoisotopic (exact) mass is 468 g/mol. The van der Waals surface area contributed by atoms with Crippen LogP contribution < -0.4 is 9.47 Å². The summed E-state index contributed by atoms with van der Waals surface area (Å²) in [5, 5.41) is 0. The van der Waals surface area contributed by atoms with Crippen molar-refractivity contribution in [2.45, 2.75) is 58.2 Å². The normalized spacial score (nSPS) is 24.2. The van der Waals surface area contributed by atoms with Crippen molar-refractivity contribution in [1.82, 2.24) is 0 Å². The summed E-state index contributed by atoms with van der Waals surface area (Å²) in [6.45, 7) is 4.38. The smallest absolute Gasteiger partial charge is 0.303 e. The molecule has 0 N–H and O–H groups in total. The molecule has 11 heteroatoms. The largest absolute Gasteiger partial charge is 0.493 e. The molecule has 0 radical (unpaired) electrons. The molecule has 0 amide bonds. The van der Waals surface area contributed by atoms with Crippen molar-refractivity contribution in [2.24, 2.45) is 0 Å². The molecular formula is C22H28O11. The van der Waals surface area contributed by atoms with Gasteiger partial charge in [0.15, 0.2) is 29.8 Å². The predicted octanol–water partition coefficient (Wildman–Crippen LogP) is 1.50. The Kier molecular flexibility index (Phi) is 9.03. The van der Waals surface area contributed by atoms with Crippen LogP contribution in [-0.4, -0.2) is 69.1 Å². The van der Waals surface area contributed by atoms with Crippen molar-refractivity contribution in [3.8, 4) is 11.5 Å². The van der Waals surface area contributed by atoms with Crippen LogP contribution in [0.3, 0.4) is 0 Å². The van der Waals surface area contributed by atoms with Crippen LogP contribution in [0.25, 0.3) is 0 Å². The van der Waals surface area contributed by atoms with E-state index in [0.717, 1.165) is 13.8 Å². The van der Waals surface area contributed by atoms with Crippen LogP contribution in [0.15, 0.2) is 18.2 Å². The number of hydrogen-bond acceptors (Lipinski definition) is 11. The minimum absolute atomic E-state index is 0.292. The van der Waals surface area contributed by atoms with Crippen molar-refractivity contribution < 1.29 is 52.3 Å². The van der Waals surface area contributed by atoms with Crippen LogP contribution in [0.5, 0.6) is 11.5 Å². The van der Waals surface area contributed by atoms with E-state index in [1.165, 1.54) is 28.1 Å². The van der Waals surface area contributed by atoms with E-state index < -0.39 is 54.4 Å². The van der Waals surface area contributed by atoms with Gasteiger partial charge in [-0.2, -0.15) is 0 Å². The first-order valence-electron chi connectivity index (χ1n) is 10.1. The van der Waals surface area contributed by atoms with E-state index in [1.54, 1.807) is 18.2 Å². The molecule has 1 aliphatic heterocycles. The Balaban J connectivity index is 2.65. The summed E-state index contributed by atoms with van der Waals surface area (Å²) < 4.78 is 38.4. The van der Waals surface area contributed by atoms with E-state index >= 15 is 0 Å². The third kappa shape index (κ3) is 6.58. The number of carbonyl (C=O) groups is 4. The third-order valence-electron chi connectivity index (χ3n) is 4.73. The highest BCUT2D eigenvalue weighted by atomic mass is 16.7. The number of para-hydroxylation sites is 1. The molecule has 1 fully saturated rings. The topological polar surface area (TPSA) is 133 Å². The second kappa shape index (κ2) is 11.5. The minimum atomic E-state index is -1.27. The van der Waals surface area contributed by atoms with Crippen LogP contribution in [0.2, 0.25) is 0 Å². The Morgan fingerprint density at radius 2 is 1.36 bits per heavy atom. The first-order valence-corrected chi connectivity index (χ1v) is 10.1. The molecule has 1 aromatic rings. The zero-order chi connectivity index (χ0) is 24.7. The molecule has 2 rings (SSSR count). The lowest BCUT2D eigenvalue weighted by molar-refractivity contribution is -0.254. The van der Waals surface area contributed by atoms with Gasteiger partial charge in [-0.05, 0) is 6.07 Å². The van der Waals surface area contributed by atoms with Gasteiger partial charge in [0.2, 0.25) is 0 Å². The maximum atomic E-state index is 12.0. The van der Waals surface area contributed by atoms with Crippen LogP contribution in [0.1, 0.15) is 39.4 Å². The molecule has 0 saturated carbocycles. The Labute approximate surface area is 191 Å². The van der Waals surface area contributed by atoms with E-state index in [1.807, 2.05) is 0 Å². The van der Waals surface area contributed by atoms with Crippen molar-refractivity contribution in [3.05, 3.63) is 23.8 Å². The highest BCUT2D eigenvalue weighted by Crippen LogP contribution is 2.43. The first-order chi connectivity index (χ1) is 15.6. The van der Waals surface area contributed by atoms with Crippen molar-refractivity contribution in [1.29, 1.82) is 0 Å². The average Bonchev–Trinajstić information content (AvgIpc) is 2.73. The van der Waals surface area contributed by atoms with Crippen LogP contribution in [0.4, 0.5) is 0 Å². The summed E-state index contributed by atoms with van der Waals surface area (Å²) in [5.74, 6) is -2.02. The molecule has 0 bridgehead atoms. The number of carbonyl (C=O) groups excluding carboxylic acids is 4. The molecule has 33 heavy (non-hydrogen) atoms. The molecule has 0 aromatic heterocycles. The number of rotatable bonds is 8. The lowest BCUT2D eigenvalue weighted by Gasteiger charge is -2.44. The van der Waals surface area contributed by atoms with Gasteiger partial charge in [-0.25, -0.2) is 0 Å². The van der Waals surface area contributed by atoms with Gasteiger partial charge >= 0.3 is 23.9 Å². The standard InChI is InChI=1S/C22H28O11/c1-11(23)29-10-17-20(30-12(2)24)22(32-14(4)26)21(31-13(3)25)19(33-17)15-8-7-9-16(27-5)18(15)28-6/h7-9,17,19-22H,10H2,1-6H3/t17-,19+,20+,21+,22+/m1/s1. The Hall–Kier alpha value is -3.34. The summed E-state index contributed by atoms with van der Waals surface area (Å²) >= 11 is 0. The number of benzene rings is 1. The van der Waals surface area contributed by atoms with Crippen LogP contribution in [-0.2, 0) is 42.9 Å². The van der Waals surface area contributed by atoms with Gasteiger partial charge in [0.25, 0.3) is 0 Å². The highest BCUT2D eigenvalue weighted by Gasteiger charge is 2.53. The molecule has 0 spiro atoms. The molecule has 1 saturated heterocycles. The van der Waals surface area contributed by atoms with E-state index in [-0.39, 0.29) is 6.61 Å². The predicted molar refractivity (Wildman–Crippen MR) is 110 cm³/mol. The van der Waals surface area contributed by atoms with Gasteiger partial charge in [0, 0.05) is 33.3 Å². The molecule has 1 aliphatic rings. The van der Waals surface area contributed by atoms with Gasteiger partial charge in [-0.1, -0.05) is 12.1 Å². The van der Waals surface area contributed by atoms with Crippen LogP contribution in [0, 0.1) is 0 Å². The summed E-state index contributed by atoms with van der Waals surface area (Å²) in [7, 11) is 2.88. The van der Waals surface area contributed by atoms with Gasteiger partial charge in [0.1, 0.15) is 18.8 Å². The number of hydrogen-bond donors (Lipinski definition) is 0. The average molecular weight is 468 g/mol. The Morgan fingerprint density at radius 3 is 1.88 bits per heavy atom. The summed E-state index contributed by atoms with van der Waals surface area (Å²) in [6, 6.07) is 4.99. The molecule has 5 atom stereocenters. The molecule has 11 nitrogen and oxygen atoms in total. The second-order valence-electron chi connectivity index (χ2n) is 7.20. The Morgan fingerprint density at radius 1 is 0.788 bits per heavy atom. The van der Waals surface area contributed by atoms with Crippen LogP contribution >= 0.6 is 0 Å². The lowest BCUT2D eigenvalue weighted by Crippen LogP contribution is -2.59. The third-order valence-corrected chi connectivity index (χ3v) is 4.73. The van der Waals surface area contributed by atoms with Crippen molar-refractivity contribution in [3.63, 3.8) is 0 Å². The summed E-state index contributed by atoms with van der Waals surface area (Å²) in [5.41, 5.74) is 0.411. The number of ether oxygens (including phenoxy) is 7. The quantitative estimate of drug-likeness (QED) is 0.406. The van der Waals surface area contributed by atoms with Crippen molar-refractivity contribution in [2.75, 3.05) is 20.8 Å². The molecule has 0 unspecified atom stereocenters. The summed E-state index contributed by atoms with van der Waals surface area (Å²) in [6.07, 6.45) is -5.86. The molecule has 1 aromatic carbocycles. The fourth-order valence-electron chi connectivity index (χ4n) is 3.61. The van der Waals surface area contributed by atoms with Gasteiger partial charge in [0.05, 0.1) is 14.2 Å². The highest BCUT2D eigenvalue weighted by molar-refractivity contribution is 5.69. The molecule has 0 aliphatic carbocycles. The van der Waals surface area contributed by atoms with E-state index in [9.17, 15) is 19.2 Å². The van der Waals surface area contributed by atoms with Gasteiger partial charge in [-0.15, -0.1) is 0 Å². The van der Waals surface area contributed by atoms with Gasteiger partial charge < -0.3 is 33.2 Å². The van der Waals surface area contributed by atoms with E-state index in [2.05, 4.69) is 0 Å². The Bertz CT molecular complexity index is 881. The molecule has 1 heterocycles. The van der Waals surface area contributed by atoms with Gasteiger partial charge in [-0.3, -0.25) is 19.2 Å². The fourth-order valence-corrected chi connectivity index (χ4v) is 3.61. The maximum absolute atomic E-state index is 12.0. The zero-order valence-corrected chi connectivity index (χ0v) is 19.3. The van der Waals surface area contributed by atoms with E-state index in [4.69, 9.17) is 33.2 Å². The first kappa shape index (κ1) is 25.9. The SMILES string of the molecule is COc1cccc([C@@H]2O[C@H](COC(C)=O)[C@H](OC(C)=O)[C@H](OC(C)=O)[C@H]2OC(C)=O)c1OC. The molecular weight excluding hydrogens is 440 g/mol. The number of methoxy groups -OCH3 is 2. The lowest BCUT2D eigenvalue weighted by atomic mass is 9.90. The second-order valence-corrected chi connectivity index (χ2v) is 7.20. The van der Waals surface area contributed by atoms with Crippen molar-refractivity contribution >= 4 is 23.9 Å². The summed E-state index contributed by atoms with van der Waals surface area (Å²) in [4.78, 5) is 47.2.